The number of hydrogen-bond donors (Lipinski definition) is 2. The van der Waals surface area contributed by atoms with Gasteiger partial charge < -0.3 is 15.7 Å². The third-order valence-corrected chi connectivity index (χ3v) is 4.16. The Bertz CT molecular complexity index is 505. The number of rotatable bonds is 4. The summed E-state index contributed by atoms with van der Waals surface area (Å²) in [5, 5.41) is 15.0. The van der Waals surface area contributed by atoms with Crippen molar-refractivity contribution in [1.29, 1.82) is 0 Å². The van der Waals surface area contributed by atoms with Gasteiger partial charge in [-0.15, -0.1) is 11.3 Å². The maximum absolute atomic E-state index is 11.3. The average molecular weight is 297 g/mol. The molecule has 110 valence electrons. The lowest BCUT2D eigenvalue weighted by molar-refractivity contribution is -0.129. The molecule has 0 spiro atoms. The number of carbonyl (C=O) groups is 1. The van der Waals surface area contributed by atoms with Crippen molar-refractivity contribution in [2.24, 2.45) is 5.16 Å². The van der Waals surface area contributed by atoms with Crippen molar-refractivity contribution in [3.8, 4) is 0 Å². The predicted molar refractivity (Wildman–Crippen MR) is 77.9 cm³/mol. The monoisotopic (exact) mass is 297 g/mol. The number of oxime groups is 1. The number of carboxylic acid groups (broad SMARTS) is 1. The minimum absolute atomic E-state index is 0.191. The van der Waals surface area contributed by atoms with Crippen LogP contribution in [0.1, 0.15) is 51.1 Å². The number of nitrogen functional groups attached to an aromatic ring is 1. The molecular weight excluding hydrogens is 278 g/mol. The minimum atomic E-state index is -1.16. The van der Waals surface area contributed by atoms with Crippen LogP contribution in [0.15, 0.2) is 10.5 Å². The number of thiazole rings is 1. The Kier molecular flexibility index (Phi) is 4.59. The van der Waals surface area contributed by atoms with Crippen LogP contribution in [0.5, 0.6) is 0 Å². The summed E-state index contributed by atoms with van der Waals surface area (Å²) >= 11 is 1.18. The zero-order chi connectivity index (χ0) is 14.6. The molecular formula is C13H19N3O3S. The molecule has 3 N–H and O–H groups in total. The van der Waals surface area contributed by atoms with Gasteiger partial charge in [-0.05, 0) is 32.6 Å². The molecule has 0 unspecified atom stereocenters. The second-order valence-electron chi connectivity index (χ2n) is 5.27. The third-order valence-electron chi connectivity index (χ3n) is 3.49. The van der Waals surface area contributed by atoms with Crippen molar-refractivity contribution in [2.75, 3.05) is 5.73 Å². The van der Waals surface area contributed by atoms with Gasteiger partial charge in [0.25, 0.3) is 0 Å². The second kappa shape index (κ2) is 6.21. The third kappa shape index (κ3) is 3.69. The standard InChI is InChI=1S/C13H19N3O3S/c1-13(6-4-2-3-5-7-13)19-16-10(11(17)18)9-8-20-12(14)15-9/h8H,2-7H2,1H3,(H2,14,15)(H,17,18). The first-order chi connectivity index (χ1) is 9.50. The normalized spacial score (nSPS) is 19.4. The van der Waals surface area contributed by atoms with Gasteiger partial charge >= 0.3 is 5.97 Å². The van der Waals surface area contributed by atoms with Crippen LogP contribution in [0.2, 0.25) is 0 Å². The summed E-state index contributed by atoms with van der Waals surface area (Å²) in [6.45, 7) is 1.98. The van der Waals surface area contributed by atoms with Crippen molar-refractivity contribution < 1.29 is 14.7 Å². The maximum Gasteiger partial charge on any atom is 0.360 e. The van der Waals surface area contributed by atoms with Gasteiger partial charge in [-0.2, -0.15) is 0 Å². The highest BCUT2D eigenvalue weighted by Crippen LogP contribution is 2.30. The van der Waals surface area contributed by atoms with Crippen LogP contribution in [0.4, 0.5) is 5.13 Å². The average Bonchev–Trinajstić information content (AvgIpc) is 2.68. The number of hydrogen-bond acceptors (Lipinski definition) is 6. The highest BCUT2D eigenvalue weighted by Gasteiger charge is 2.29. The summed E-state index contributed by atoms with van der Waals surface area (Å²) in [6.07, 6.45) is 6.33. The molecule has 1 heterocycles. The smallest absolute Gasteiger partial charge is 0.360 e. The van der Waals surface area contributed by atoms with Gasteiger partial charge in [0.1, 0.15) is 11.3 Å². The summed E-state index contributed by atoms with van der Waals surface area (Å²) in [7, 11) is 0. The fourth-order valence-corrected chi connectivity index (χ4v) is 2.86. The molecule has 0 amide bonds. The molecule has 0 saturated heterocycles. The van der Waals surface area contributed by atoms with Gasteiger partial charge in [-0.3, -0.25) is 0 Å². The summed E-state index contributed by atoms with van der Waals surface area (Å²) in [5.41, 5.74) is 5.19. The topological polar surface area (TPSA) is 97.8 Å². The van der Waals surface area contributed by atoms with Gasteiger partial charge in [0.05, 0.1) is 0 Å². The molecule has 0 radical (unpaired) electrons. The summed E-state index contributed by atoms with van der Waals surface area (Å²) in [5.74, 6) is -1.16. The van der Waals surface area contributed by atoms with Gasteiger partial charge in [-0.1, -0.05) is 18.0 Å². The molecule has 20 heavy (non-hydrogen) atoms. The molecule has 7 heteroatoms. The Balaban J connectivity index is 2.15. The number of carboxylic acids is 1. The molecule has 0 aromatic carbocycles. The van der Waals surface area contributed by atoms with E-state index in [1.54, 1.807) is 5.38 Å². The summed E-state index contributed by atoms with van der Waals surface area (Å²) in [4.78, 5) is 20.8. The minimum Gasteiger partial charge on any atom is -0.476 e. The van der Waals surface area contributed by atoms with E-state index in [2.05, 4.69) is 10.1 Å². The van der Waals surface area contributed by atoms with E-state index >= 15 is 0 Å². The Morgan fingerprint density at radius 3 is 2.60 bits per heavy atom. The van der Waals surface area contributed by atoms with Crippen LogP contribution < -0.4 is 5.73 Å². The van der Waals surface area contributed by atoms with Crippen LogP contribution in [-0.2, 0) is 9.63 Å². The van der Waals surface area contributed by atoms with Crippen LogP contribution in [0, 0.1) is 0 Å². The molecule has 6 nitrogen and oxygen atoms in total. The van der Waals surface area contributed by atoms with E-state index in [0.29, 0.717) is 5.13 Å². The van der Waals surface area contributed by atoms with Gasteiger partial charge in [0.15, 0.2) is 5.13 Å². The van der Waals surface area contributed by atoms with Gasteiger partial charge in [0.2, 0.25) is 5.71 Å². The molecule has 0 bridgehead atoms. The van der Waals surface area contributed by atoms with Gasteiger partial charge in [-0.25, -0.2) is 9.78 Å². The number of aromatic nitrogens is 1. The Morgan fingerprint density at radius 2 is 2.10 bits per heavy atom. The SMILES string of the molecule is CC1(ON=C(C(=O)O)c2csc(N)n2)CCCCCC1. The van der Waals surface area contributed by atoms with E-state index in [9.17, 15) is 9.90 Å². The van der Waals surface area contributed by atoms with Crippen LogP contribution in [-0.4, -0.2) is 27.4 Å². The summed E-state index contributed by atoms with van der Waals surface area (Å²) in [6, 6.07) is 0. The highest BCUT2D eigenvalue weighted by molar-refractivity contribution is 7.13. The largest absolute Gasteiger partial charge is 0.476 e. The molecule has 2 rings (SSSR count). The number of nitrogens with two attached hydrogens (primary N) is 1. The second-order valence-corrected chi connectivity index (χ2v) is 6.16. The Morgan fingerprint density at radius 1 is 1.45 bits per heavy atom. The van der Waals surface area contributed by atoms with E-state index < -0.39 is 11.6 Å². The van der Waals surface area contributed by atoms with Gasteiger partial charge in [0, 0.05) is 5.38 Å². The lowest BCUT2D eigenvalue weighted by Gasteiger charge is -2.25. The molecule has 1 aliphatic rings. The molecule has 1 aliphatic carbocycles. The van der Waals surface area contributed by atoms with E-state index in [1.807, 2.05) is 6.92 Å². The number of anilines is 1. The molecule has 1 aromatic rings. The molecule has 1 fully saturated rings. The van der Waals surface area contributed by atoms with Crippen LogP contribution in [0.3, 0.4) is 0 Å². The lowest BCUT2D eigenvalue weighted by Crippen LogP contribution is -2.27. The first kappa shape index (κ1) is 14.8. The van der Waals surface area contributed by atoms with Crippen molar-refractivity contribution in [3.63, 3.8) is 0 Å². The van der Waals surface area contributed by atoms with E-state index in [0.717, 1.165) is 25.7 Å². The Labute approximate surface area is 121 Å². The molecule has 0 atom stereocenters. The first-order valence-electron chi connectivity index (χ1n) is 6.71. The predicted octanol–water partition coefficient (Wildman–Crippen LogP) is 2.64. The fraction of sp³-hybridized carbons (Fsp3) is 0.615. The molecule has 0 aliphatic heterocycles. The first-order valence-corrected chi connectivity index (χ1v) is 7.59. The lowest BCUT2D eigenvalue weighted by atomic mass is 9.97. The van der Waals surface area contributed by atoms with Crippen molar-refractivity contribution in [2.45, 2.75) is 51.0 Å². The summed E-state index contributed by atoms with van der Waals surface area (Å²) < 4.78 is 0. The Hall–Kier alpha value is -1.63. The van der Waals surface area contributed by atoms with E-state index in [4.69, 9.17) is 10.6 Å². The fourth-order valence-electron chi connectivity index (χ4n) is 2.32. The van der Waals surface area contributed by atoms with Crippen molar-refractivity contribution in [1.82, 2.24) is 4.98 Å². The number of nitrogens with zero attached hydrogens (tertiary/aromatic N) is 2. The highest BCUT2D eigenvalue weighted by atomic mass is 32.1. The van der Waals surface area contributed by atoms with Crippen molar-refractivity contribution >= 4 is 28.1 Å². The van der Waals surface area contributed by atoms with Crippen molar-refractivity contribution in [3.05, 3.63) is 11.1 Å². The van der Waals surface area contributed by atoms with Crippen LogP contribution >= 0.6 is 11.3 Å². The van der Waals surface area contributed by atoms with Crippen LogP contribution in [0.25, 0.3) is 0 Å². The molecule has 1 saturated carbocycles. The maximum atomic E-state index is 11.3. The van der Waals surface area contributed by atoms with E-state index in [1.165, 1.54) is 24.2 Å². The quantitative estimate of drug-likeness (QED) is 0.506. The molecule has 1 aromatic heterocycles. The zero-order valence-corrected chi connectivity index (χ0v) is 12.3. The number of aliphatic carboxylic acids is 1. The zero-order valence-electron chi connectivity index (χ0n) is 11.5. The van der Waals surface area contributed by atoms with E-state index in [-0.39, 0.29) is 11.4 Å².